The monoisotopic (exact) mass is 575 g/mol. The van der Waals surface area contributed by atoms with E-state index < -0.39 is 24.4 Å². The third kappa shape index (κ3) is 8.38. The number of carbonyl (C=O) groups excluding carboxylic acids is 2. The lowest BCUT2D eigenvalue weighted by molar-refractivity contribution is -0.434. The molecule has 2 aliphatic rings. The number of carboxylic acids is 1. The molecule has 2 heterocycles. The van der Waals surface area contributed by atoms with Crippen LogP contribution in [0.15, 0.2) is 12.1 Å². The van der Waals surface area contributed by atoms with Gasteiger partial charge in [-0.3, -0.25) is 4.79 Å². The van der Waals surface area contributed by atoms with Crippen molar-refractivity contribution >= 4 is 23.3 Å². The summed E-state index contributed by atoms with van der Waals surface area (Å²) in [4.78, 5) is 24.0. The van der Waals surface area contributed by atoms with Crippen LogP contribution in [0.3, 0.4) is 0 Å². The Hall–Kier alpha value is -2.74. The minimum absolute atomic E-state index is 0.0297. The summed E-state index contributed by atoms with van der Waals surface area (Å²) in [6, 6.07) is 3.80. The van der Waals surface area contributed by atoms with Gasteiger partial charge in [0, 0.05) is 31.8 Å². The van der Waals surface area contributed by atoms with Gasteiger partial charge in [-0.25, -0.2) is 0 Å². The van der Waals surface area contributed by atoms with Gasteiger partial charge in [0.15, 0.2) is 5.71 Å². The molecule has 10 nitrogen and oxygen atoms in total. The number of halogens is 3. The smallest absolute Gasteiger partial charge is 0.430 e. The van der Waals surface area contributed by atoms with Gasteiger partial charge in [-0.1, -0.05) is 26.2 Å². The molecule has 3 rings (SSSR count). The van der Waals surface area contributed by atoms with Gasteiger partial charge in [0.25, 0.3) is 5.91 Å². The van der Waals surface area contributed by atoms with E-state index in [2.05, 4.69) is 18.4 Å². The number of alkyl halides is 3. The highest BCUT2D eigenvalue weighted by molar-refractivity contribution is 6.00. The summed E-state index contributed by atoms with van der Waals surface area (Å²) in [5.41, 5.74) is 9.55. The van der Waals surface area contributed by atoms with Crippen LogP contribution >= 0.6 is 0 Å². The lowest BCUT2D eigenvalue weighted by atomic mass is 9.91. The van der Waals surface area contributed by atoms with E-state index in [1.807, 2.05) is 19.2 Å². The van der Waals surface area contributed by atoms with Crippen molar-refractivity contribution in [2.45, 2.75) is 70.3 Å². The zero-order valence-corrected chi connectivity index (χ0v) is 23.2. The van der Waals surface area contributed by atoms with Crippen molar-refractivity contribution in [3.8, 4) is 5.75 Å². The largest absolute Gasteiger partial charge is 0.542 e. The Morgan fingerprint density at radius 3 is 2.40 bits per heavy atom. The minimum atomic E-state index is -5.19. The Balaban J connectivity index is 0.000000708. The zero-order valence-electron chi connectivity index (χ0n) is 23.2. The molecule has 0 bridgehead atoms. The van der Waals surface area contributed by atoms with Crippen molar-refractivity contribution in [2.24, 2.45) is 5.73 Å². The third-order valence-electron chi connectivity index (χ3n) is 6.92. The number of ether oxygens (including phenoxy) is 2. The molecule has 1 amide bonds. The van der Waals surface area contributed by atoms with Crippen molar-refractivity contribution in [1.29, 1.82) is 0 Å². The molecule has 40 heavy (non-hydrogen) atoms. The van der Waals surface area contributed by atoms with E-state index in [1.54, 1.807) is 4.90 Å². The maximum Gasteiger partial charge on any atom is 0.430 e. The van der Waals surface area contributed by atoms with Crippen LogP contribution in [0.5, 0.6) is 5.75 Å². The van der Waals surface area contributed by atoms with Gasteiger partial charge in [-0.05, 0) is 25.8 Å². The van der Waals surface area contributed by atoms with Crippen LogP contribution in [0.2, 0.25) is 0 Å². The molecule has 0 spiro atoms. The predicted molar refractivity (Wildman–Crippen MR) is 139 cm³/mol. The summed E-state index contributed by atoms with van der Waals surface area (Å²) in [6.07, 6.45) is -1.55. The van der Waals surface area contributed by atoms with E-state index in [0.717, 1.165) is 49.2 Å². The highest BCUT2D eigenvalue weighted by Crippen LogP contribution is 2.41. The van der Waals surface area contributed by atoms with E-state index in [9.17, 15) is 28.2 Å². The lowest BCUT2D eigenvalue weighted by Gasteiger charge is -2.22. The van der Waals surface area contributed by atoms with Gasteiger partial charge in [0.1, 0.15) is 30.5 Å². The van der Waals surface area contributed by atoms with Gasteiger partial charge in [-0.15, -0.1) is 0 Å². The fourth-order valence-corrected chi connectivity index (χ4v) is 4.84. The van der Waals surface area contributed by atoms with E-state index in [4.69, 9.17) is 25.1 Å². The number of aliphatic hydroxyl groups is 2. The van der Waals surface area contributed by atoms with Crippen molar-refractivity contribution in [3.63, 3.8) is 0 Å². The lowest BCUT2D eigenvalue weighted by Crippen LogP contribution is -2.37. The number of nitrogens with two attached hydrogens (primary N) is 1. The SMILES string of the molecule is CCCCCCN(C)C(=O)c1cc2c(cc1O[C@H]1COC[C@@H]1O)C(CCO)C(CN)=[N+]2CC.O=C([O-])C(F)(F)F. The summed E-state index contributed by atoms with van der Waals surface area (Å²) < 4.78 is 45.2. The molecule has 0 aliphatic carbocycles. The molecular formula is C27H40F3N3O7. The first-order chi connectivity index (χ1) is 18.9. The van der Waals surface area contributed by atoms with Gasteiger partial charge in [0.2, 0.25) is 5.69 Å². The molecule has 1 saturated heterocycles. The number of benzene rings is 1. The van der Waals surface area contributed by atoms with Gasteiger partial charge < -0.3 is 40.2 Å². The highest BCUT2D eigenvalue weighted by Gasteiger charge is 2.40. The summed E-state index contributed by atoms with van der Waals surface area (Å²) in [5.74, 6) is -2.69. The summed E-state index contributed by atoms with van der Waals surface area (Å²) in [7, 11) is 1.82. The van der Waals surface area contributed by atoms with E-state index in [1.165, 1.54) is 0 Å². The van der Waals surface area contributed by atoms with Crippen LogP contribution in [-0.2, 0) is 9.53 Å². The second-order valence-electron chi connectivity index (χ2n) is 9.75. The molecule has 0 radical (unpaired) electrons. The number of fused-ring (bicyclic) bond motifs is 1. The maximum absolute atomic E-state index is 13.5. The number of aliphatic hydroxyl groups excluding tert-OH is 2. The molecular weight excluding hydrogens is 535 g/mol. The number of hydrogen-bond donors (Lipinski definition) is 3. The van der Waals surface area contributed by atoms with Gasteiger partial charge >= 0.3 is 6.18 Å². The molecule has 0 aromatic heterocycles. The average Bonchev–Trinajstić information content (AvgIpc) is 3.44. The normalized spacial score (nSPS) is 20.2. The molecule has 13 heteroatoms. The Labute approximate surface area is 232 Å². The Kier molecular flexibility index (Phi) is 12.8. The minimum Gasteiger partial charge on any atom is -0.542 e. The summed E-state index contributed by atoms with van der Waals surface area (Å²) in [5, 5.41) is 28.7. The first kappa shape index (κ1) is 33.5. The van der Waals surface area contributed by atoms with E-state index in [-0.39, 0.29) is 31.6 Å². The van der Waals surface area contributed by atoms with Crippen LogP contribution < -0.4 is 15.6 Å². The Morgan fingerprint density at radius 1 is 1.23 bits per heavy atom. The zero-order chi connectivity index (χ0) is 30.0. The summed E-state index contributed by atoms with van der Waals surface area (Å²) in [6.45, 7) is 6.53. The number of nitrogens with zero attached hydrogens (tertiary/aromatic N) is 2. The van der Waals surface area contributed by atoms with Crippen LogP contribution in [0.4, 0.5) is 18.9 Å². The molecule has 226 valence electrons. The van der Waals surface area contributed by atoms with Crippen molar-refractivity contribution in [3.05, 3.63) is 23.3 Å². The van der Waals surface area contributed by atoms with E-state index >= 15 is 0 Å². The topological polar surface area (TPSA) is 148 Å². The van der Waals surface area contributed by atoms with Crippen molar-refractivity contribution in [2.75, 3.05) is 46.5 Å². The van der Waals surface area contributed by atoms with Crippen LogP contribution in [0.25, 0.3) is 0 Å². The first-order valence-electron chi connectivity index (χ1n) is 13.5. The fourth-order valence-electron chi connectivity index (χ4n) is 4.84. The molecule has 1 aromatic rings. The van der Waals surface area contributed by atoms with Crippen LogP contribution in [0.1, 0.15) is 67.8 Å². The number of carbonyl (C=O) groups is 2. The van der Waals surface area contributed by atoms with E-state index in [0.29, 0.717) is 30.8 Å². The Bertz CT molecular complexity index is 1050. The number of amides is 1. The number of rotatable bonds is 12. The first-order valence-corrected chi connectivity index (χ1v) is 13.5. The standard InChI is InChI=1S/C25H40N3O5.C2HF3O2/c1-4-6-7-8-10-27(3)25(31)19-12-20-18(13-23(19)33-24-16-32-15-22(24)30)17(9-11-29)21(14-26)28(20)5-2;3-2(4,5)1(6)7/h12-13,17,22,24,29-30H,4-11,14-16,26H2,1-3H3;(H,6,7)/q+1;/p-1/t17?,22-,24-;/m0./s1. The number of carboxylic acid groups (broad SMARTS) is 1. The second kappa shape index (κ2) is 15.3. The number of aliphatic carboxylic acids is 1. The van der Waals surface area contributed by atoms with Crippen molar-refractivity contribution < 1.29 is 52.1 Å². The predicted octanol–water partition coefficient (Wildman–Crippen LogP) is 1.32. The fraction of sp³-hybridized carbons (Fsp3) is 0.667. The quantitative estimate of drug-likeness (QED) is 0.250. The average molecular weight is 576 g/mol. The number of unbranched alkanes of at least 4 members (excludes halogenated alkanes) is 3. The summed E-state index contributed by atoms with van der Waals surface area (Å²) >= 11 is 0. The highest BCUT2D eigenvalue weighted by atomic mass is 19.4. The van der Waals surface area contributed by atoms with Crippen molar-refractivity contribution in [1.82, 2.24) is 4.90 Å². The maximum atomic E-state index is 13.5. The second-order valence-corrected chi connectivity index (χ2v) is 9.75. The Morgan fingerprint density at radius 2 is 1.90 bits per heavy atom. The molecule has 1 aromatic carbocycles. The molecule has 1 unspecified atom stereocenters. The molecule has 0 saturated carbocycles. The molecule has 2 aliphatic heterocycles. The van der Waals surface area contributed by atoms with Crippen LogP contribution in [0, 0.1) is 0 Å². The molecule has 4 N–H and O–H groups in total. The van der Waals surface area contributed by atoms with Gasteiger partial charge in [-0.2, -0.15) is 17.7 Å². The van der Waals surface area contributed by atoms with Crippen LogP contribution in [-0.4, -0.2) is 102 Å². The molecule has 1 fully saturated rings. The number of hydrogen-bond acceptors (Lipinski definition) is 8. The molecule has 3 atom stereocenters. The third-order valence-corrected chi connectivity index (χ3v) is 6.92. The van der Waals surface area contributed by atoms with Gasteiger partial charge in [0.05, 0.1) is 31.2 Å².